The highest BCUT2D eigenvalue weighted by Gasteiger charge is 2.19. The van der Waals surface area contributed by atoms with Gasteiger partial charge in [-0.3, -0.25) is 14.5 Å². The van der Waals surface area contributed by atoms with Crippen LogP contribution in [-0.4, -0.2) is 24.6 Å². The lowest BCUT2D eigenvalue weighted by atomic mass is 10.0. The fourth-order valence-corrected chi connectivity index (χ4v) is 3.15. The summed E-state index contributed by atoms with van der Waals surface area (Å²) in [6.45, 7) is 0. The van der Waals surface area contributed by atoms with Crippen molar-refractivity contribution < 1.29 is 5.11 Å². The molecule has 0 unspecified atom stereocenters. The van der Waals surface area contributed by atoms with Crippen LogP contribution in [-0.2, 0) is 0 Å². The fraction of sp³-hybridized carbons (Fsp3) is 0. The van der Waals surface area contributed by atoms with Gasteiger partial charge in [0, 0.05) is 35.2 Å². The molecule has 0 atom stereocenters. The van der Waals surface area contributed by atoms with Crippen molar-refractivity contribution in [3.8, 4) is 17.1 Å². The Hall–Kier alpha value is -3.67. The summed E-state index contributed by atoms with van der Waals surface area (Å²) in [6.07, 6.45) is 12.5. The SMILES string of the molecule is Nc1c2cccc(-c3cnccn3)c2nc2cn(C3=CC=C3)c(O)c12. The molecule has 1 aliphatic rings. The van der Waals surface area contributed by atoms with Gasteiger partial charge in [-0.25, -0.2) is 4.98 Å². The van der Waals surface area contributed by atoms with Crippen molar-refractivity contribution >= 4 is 33.2 Å². The number of pyridine rings is 1. The van der Waals surface area contributed by atoms with Gasteiger partial charge < -0.3 is 10.8 Å². The summed E-state index contributed by atoms with van der Waals surface area (Å²) in [5.41, 5.74) is 10.8. The van der Waals surface area contributed by atoms with Crippen LogP contribution in [0.25, 0.3) is 38.8 Å². The molecule has 3 N–H and O–H groups in total. The average Bonchev–Trinajstić information content (AvgIpc) is 2.91. The maximum Gasteiger partial charge on any atom is 0.207 e. The van der Waals surface area contributed by atoms with Crippen LogP contribution in [0.2, 0.25) is 0 Å². The van der Waals surface area contributed by atoms with Gasteiger partial charge in [0.05, 0.1) is 34.0 Å². The number of nitrogen functional groups attached to an aromatic ring is 1. The number of hydrogen-bond acceptors (Lipinski definition) is 5. The van der Waals surface area contributed by atoms with Crippen LogP contribution in [0.15, 0.2) is 61.2 Å². The van der Waals surface area contributed by atoms with Crippen LogP contribution < -0.4 is 5.73 Å². The molecule has 3 heterocycles. The van der Waals surface area contributed by atoms with E-state index in [-0.39, 0.29) is 5.88 Å². The molecule has 0 aliphatic heterocycles. The average molecular weight is 327 g/mol. The van der Waals surface area contributed by atoms with E-state index in [4.69, 9.17) is 10.7 Å². The maximum atomic E-state index is 10.6. The van der Waals surface area contributed by atoms with Gasteiger partial charge in [0.1, 0.15) is 0 Å². The Bertz CT molecular complexity index is 1210. The minimum absolute atomic E-state index is 0.0994. The summed E-state index contributed by atoms with van der Waals surface area (Å²) in [5, 5.41) is 11.9. The molecule has 6 nitrogen and oxygen atoms in total. The van der Waals surface area contributed by atoms with Crippen molar-refractivity contribution in [2.24, 2.45) is 0 Å². The third kappa shape index (κ3) is 1.88. The third-order valence-corrected chi connectivity index (χ3v) is 4.44. The molecule has 6 heteroatoms. The number of allylic oxidation sites excluding steroid dienone is 4. The molecule has 4 aromatic rings. The molecule has 1 aliphatic carbocycles. The largest absolute Gasteiger partial charge is 0.494 e. The van der Waals surface area contributed by atoms with Crippen molar-refractivity contribution in [1.82, 2.24) is 19.5 Å². The molecule has 0 amide bonds. The van der Waals surface area contributed by atoms with Gasteiger partial charge in [-0.15, -0.1) is 0 Å². The quantitative estimate of drug-likeness (QED) is 0.589. The van der Waals surface area contributed by atoms with E-state index in [1.807, 2.05) is 36.4 Å². The monoisotopic (exact) mass is 327 g/mol. The highest BCUT2D eigenvalue weighted by atomic mass is 16.3. The zero-order valence-corrected chi connectivity index (χ0v) is 13.1. The molecule has 0 bridgehead atoms. The van der Waals surface area contributed by atoms with Gasteiger partial charge in [-0.1, -0.05) is 24.3 Å². The lowest BCUT2D eigenvalue weighted by molar-refractivity contribution is 0.450. The smallest absolute Gasteiger partial charge is 0.207 e. The Morgan fingerprint density at radius 2 is 2.04 bits per heavy atom. The molecule has 0 spiro atoms. The number of aromatic nitrogens is 4. The second-order valence-corrected chi connectivity index (χ2v) is 5.85. The molecule has 3 aromatic heterocycles. The van der Waals surface area contributed by atoms with E-state index >= 15 is 0 Å². The normalized spacial score (nSPS) is 13.2. The van der Waals surface area contributed by atoms with Crippen LogP contribution >= 0.6 is 0 Å². The third-order valence-electron chi connectivity index (χ3n) is 4.44. The molecule has 120 valence electrons. The molecule has 0 fully saturated rings. The maximum absolute atomic E-state index is 10.6. The predicted molar refractivity (Wildman–Crippen MR) is 97.8 cm³/mol. The second-order valence-electron chi connectivity index (χ2n) is 5.85. The van der Waals surface area contributed by atoms with Crippen LogP contribution in [0.4, 0.5) is 5.69 Å². The summed E-state index contributed by atoms with van der Waals surface area (Å²) in [5.74, 6) is 0.0994. The van der Waals surface area contributed by atoms with E-state index in [1.54, 1.807) is 29.4 Å². The highest BCUT2D eigenvalue weighted by molar-refractivity contribution is 6.12. The van der Waals surface area contributed by atoms with E-state index < -0.39 is 0 Å². The molecule has 0 saturated heterocycles. The first-order chi connectivity index (χ1) is 12.2. The molecule has 25 heavy (non-hydrogen) atoms. The molecule has 5 rings (SSSR count). The first-order valence-electron chi connectivity index (χ1n) is 7.81. The van der Waals surface area contributed by atoms with Crippen molar-refractivity contribution in [3.05, 3.63) is 61.2 Å². The van der Waals surface area contributed by atoms with Gasteiger partial charge in [-0.05, 0) is 12.2 Å². The number of rotatable bonds is 2. The standard InChI is InChI=1S/C19H13N5O/c20-17-13-6-2-5-12(14-9-21-7-8-22-14)18(13)23-15-10-24(11-3-1-4-11)19(25)16(15)17/h1-10,25H,20H2. The number of fused-ring (bicyclic) bond motifs is 2. The van der Waals surface area contributed by atoms with Crippen molar-refractivity contribution in [1.29, 1.82) is 0 Å². The van der Waals surface area contributed by atoms with Crippen LogP contribution in [0.5, 0.6) is 5.88 Å². The van der Waals surface area contributed by atoms with Gasteiger partial charge >= 0.3 is 0 Å². The molecule has 0 saturated carbocycles. The number of anilines is 1. The molecule has 1 aromatic carbocycles. The van der Waals surface area contributed by atoms with E-state index in [9.17, 15) is 5.11 Å². The zero-order chi connectivity index (χ0) is 17.0. The van der Waals surface area contributed by atoms with Crippen molar-refractivity contribution in [2.75, 3.05) is 5.73 Å². The Morgan fingerprint density at radius 3 is 2.76 bits per heavy atom. The number of aromatic hydroxyl groups is 1. The van der Waals surface area contributed by atoms with E-state index in [1.165, 1.54) is 0 Å². The number of nitrogens with two attached hydrogens (primary N) is 1. The summed E-state index contributed by atoms with van der Waals surface area (Å²) >= 11 is 0. The van der Waals surface area contributed by atoms with Gasteiger partial charge in [0.2, 0.25) is 5.88 Å². The van der Waals surface area contributed by atoms with Gasteiger partial charge in [-0.2, -0.15) is 0 Å². The number of nitrogens with zero attached hydrogens (tertiary/aromatic N) is 4. The Labute approximate surface area is 142 Å². The number of benzene rings is 1. The number of hydrogen-bond donors (Lipinski definition) is 2. The van der Waals surface area contributed by atoms with Gasteiger partial charge in [0.15, 0.2) is 0 Å². The molecular formula is C19H13N5O. The second kappa shape index (κ2) is 4.91. The number of para-hydroxylation sites is 1. The Balaban J connectivity index is 1.86. The van der Waals surface area contributed by atoms with Crippen molar-refractivity contribution in [2.45, 2.75) is 0 Å². The van der Waals surface area contributed by atoms with E-state index in [2.05, 4.69) is 9.97 Å². The van der Waals surface area contributed by atoms with Crippen molar-refractivity contribution in [3.63, 3.8) is 0 Å². The Kier molecular flexibility index (Phi) is 2.70. The first-order valence-corrected chi connectivity index (χ1v) is 7.81. The van der Waals surface area contributed by atoms with E-state index in [0.717, 1.165) is 27.9 Å². The molecular weight excluding hydrogens is 314 g/mol. The fourth-order valence-electron chi connectivity index (χ4n) is 3.15. The predicted octanol–water partition coefficient (Wildman–Crippen LogP) is 3.35. The van der Waals surface area contributed by atoms with Crippen LogP contribution in [0, 0.1) is 0 Å². The van der Waals surface area contributed by atoms with Crippen LogP contribution in [0.3, 0.4) is 0 Å². The lowest BCUT2D eigenvalue weighted by Gasteiger charge is -2.10. The molecule has 0 radical (unpaired) electrons. The zero-order valence-electron chi connectivity index (χ0n) is 13.1. The topological polar surface area (TPSA) is 89.9 Å². The summed E-state index contributed by atoms with van der Waals surface area (Å²) in [7, 11) is 0. The Morgan fingerprint density at radius 1 is 1.16 bits per heavy atom. The summed E-state index contributed by atoms with van der Waals surface area (Å²) in [6, 6.07) is 5.75. The minimum Gasteiger partial charge on any atom is -0.494 e. The summed E-state index contributed by atoms with van der Waals surface area (Å²) in [4.78, 5) is 13.3. The minimum atomic E-state index is 0.0994. The highest BCUT2D eigenvalue weighted by Crippen LogP contribution is 2.40. The van der Waals surface area contributed by atoms with E-state index in [0.29, 0.717) is 16.6 Å². The summed E-state index contributed by atoms with van der Waals surface area (Å²) < 4.78 is 1.69. The van der Waals surface area contributed by atoms with Gasteiger partial charge in [0.25, 0.3) is 0 Å². The lowest BCUT2D eigenvalue weighted by Crippen LogP contribution is -1.95. The van der Waals surface area contributed by atoms with Crippen LogP contribution in [0.1, 0.15) is 0 Å². The first kappa shape index (κ1) is 13.7.